The van der Waals surface area contributed by atoms with E-state index >= 15 is 0 Å². The molecular weight excluding hydrogens is 225 g/mol. The highest BCUT2D eigenvalue weighted by Gasteiger charge is 2.20. The van der Waals surface area contributed by atoms with Gasteiger partial charge in [-0.25, -0.2) is 4.98 Å². The smallest absolute Gasteiger partial charge is 0.511 e. The van der Waals surface area contributed by atoms with Crippen LogP contribution in [0.2, 0.25) is 0 Å². The van der Waals surface area contributed by atoms with Gasteiger partial charge in [-0.1, -0.05) is 0 Å². The second-order valence-corrected chi connectivity index (χ2v) is 3.52. The summed E-state index contributed by atoms with van der Waals surface area (Å²) in [4.78, 5) is 17.2. The zero-order valence-electron chi connectivity index (χ0n) is 9.04. The van der Waals surface area contributed by atoms with Crippen LogP contribution in [0.5, 0.6) is 5.75 Å². The maximum Gasteiger partial charge on any atom is 0.707 e. The maximum atomic E-state index is 11.6. The van der Waals surface area contributed by atoms with Gasteiger partial charge in [-0.15, -0.1) is 0 Å². The number of anilines is 1. The summed E-state index contributed by atoms with van der Waals surface area (Å²) in [6.45, 7) is 1.59. The zero-order valence-corrected chi connectivity index (χ0v) is 9.04. The van der Waals surface area contributed by atoms with E-state index in [0.29, 0.717) is 18.9 Å². The van der Waals surface area contributed by atoms with Crippen molar-refractivity contribution in [1.29, 1.82) is 0 Å². The van der Waals surface area contributed by atoms with Gasteiger partial charge in [-0.2, -0.15) is 0 Å². The van der Waals surface area contributed by atoms with Gasteiger partial charge in [0.05, 0.1) is 12.7 Å². The third-order valence-electron chi connectivity index (χ3n) is 2.33. The fourth-order valence-corrected chi connectivity index (χ4v) is 1.57. The number of piperazine rings is 1. The van der Waals surface area contributed by atoms with Crippen molar-refractivity contribution in [2.24, 2.45) is 0 Å². The number of amides is 1. The minimum absolute atomic E-state index is 0.0420. The Hall–Kier alpha value is -1.64. The molecule has 1 aliphatic heterocycles. The molecule has 2 rings (SSSR count). The molecule has 0 bridgehead atoms. The highest BCUT2D eigenvalue weighted by molar-refractivity contribution is 6.33. The molecule has 0 spiro atoms. The highest BCUT2D eigenvalue weighted by Crippen LogP contribution is 2.16. The molecule has 0 unspecified atom stereocenters. The Morgan fingerprint density at radius 2 is 2.29 bits per heavy atom. The lowest BCUT2D eigenvalue weighted by molar-refractivity contribution is -0.118. The summed E-state index contributed by atoms with van der Waals surface area (Å²) in [7, 11) is -1.87. The first-order valence-electron chi connectivity index (χ1n) is 5.17. The SMILES string of the molecule is O=C1CNCCN1c1ccc(OB(O)O)cn1. The summed E-state index contributed by atoms with van der Waals surface area (Å²) in [6.07, 6.45) is 1.34. The summed E-state index contributed by atoms with van der Waals surface area (Å²) in [5.41, 5.74) is 0. The van der Waals surface area contributed by atoms with Crippen molar-refractivity contribution < 1.29 is 19.5 Å². The molecule has 17 heavy (non-hydrogen) atoms. The number of hydrogen-bond acceptors (Lipinski definition) is 6. The van der Waals surface area contributed by atoms with Gasteiger partial charge in [0.15, 0.2) is 0 Å². The molecule has 0 saturated carbocycles. The molecular formula is C9H12BN3O4. The first-order chi connectivity index (χ1) is 8.16. The van der Waals surface area contributed by atoms with Crippen molar-refractivity contribution in [2.75, 3.05) is 24.5 Å². The Morgan fingerprint density at radius 3 is 2.88 bits per heavy atom. The molecule has 0 radical (unpaired) electrons. The second kappa shape index (κ2) is 5.13. The van der Waals surface area contributed by atoms with Crippen molar-refractivity contribution in [3.63, 3.8) is 0 Å². The molecule has 3 N–H and O–H groups in total. The van der Waals surface area contributed by atoms with Crippen molar-refractivity contribution in [3.8, 4) is 5.75 Å². The van der Waals surface area contributed by atoms with E-state index in [2.05, 4.69) is 15.0 Å². The molecule has 8 heteroatoms. The van der Waals surface area contributed by atoms with Crippen LogP contribution in [0.15, 0.2) is 18.3 Å². The van der Waals surface area contributed by atoms with Gasteiger partial charge in [0.2, 0.25) is 5.91 Å². The minimum atomic E-state index is -1.87. The van der Waals surface area contributed by atoms with Gasteiger partial charge < -0.3 is 20.0 Å². The van der Waals surface area contributed by atoms with Crippen molar-refractivity contribution >= 4 is 19.0 Å². The largest absolute Gasteiger partial charge is 0.707 e. The molecule has 0 aromatic carbocycles. The number of nitrogens with zero attached hydrogens (tertiary/aromatic N) is 2. The third kappa shape index (κ3) is 2.93. The molecule has 90 valence electrons. The molecule has 1 aromatic heterocycles. The van der Waals surface area contributed by atoms with Crippen LogP contribution in [0.4, 0.5) is 5.82 Å². The lowest BCUT2D eigenvalue weighted by atomic mass is 10.2. The standard InChI is InChI=1S/C9H12BN3O4/c14-9-6-11-3-4-13(9)8-2-1-7(5-12-8)17-10(15)16/h1-2,5,11,15-16H,3-4,6H2. The fraction of sp³-hybridized carbons (Fsp3) is 0.333. The molecule has 7 nitrogen and oxygen atoms in total. The maximum absolute atomic E-state index is 11.6. The summed E-state index contributed by atoms with van der Waals surface area (Å²) >= 11 is 0. The Balaban J connectivity index is 2.08. The van der Waals surface area contributed by atoms with E-state index in [1.54, 1.807) is 11.0 Å². The quantitative estimate of drug-likeness (QED) is 0.546. The van der Waals surface area contributed by atoms with Crippen LogP contribution in [0.1, 0.15) is 0 Å². The van der Waals surface area contributed by atoms with Crippen LogP contribution >= 0.6 is 0 Å². The Kier molecular flexibility index (Phi) is 3.57. The molecule has 1 aliphatic rings. The number of carbonyl (C=O) groups is 1. The lowest BCUT2D eigenvalue weighted by Gasteiger charge is -2.26. The zero-order chi connectivity index (χ0) is 12.3. The van der Waals surface area contributed by atoms with Gasteiger partial charge in [0.1, 0.15) is 11.6 Å². The first kappa shape index (κ1) is 11.8. The predicted molar refractivity (Wildman–Crippen MR) is 60.3 cm³/mol. The van der Waals surface area contributed by atoms with Crippen LogP contribution in [0.25, 0.3) is 0 Å². The number of carbonyl (C=O) groups excluding carboxylic acids is 1. The van der Waals surface area contributed by atoms with Crippen molar-refractivity contribution in [3.05, 3.63) is 18.3 Å². The Bertz CT molecular complexity index is 398. The highest BCUT2D eigenvalue weighted by atomic mass is 16.6. The average molecular weight is 237 g/mol. The van der Waals surface area contributed by atoms with E-state index < -0.39 is 7.32 Å². The molecule has 1 fully saturated rings. The van der Waals surface area contributed by atoms with Crippen LogP contribution in [0.3, 0.4) is 0 Å². The number of rotatable bonds is 3. The van der Waals surface area contributed by atoms with E-state index in [4.69, 9.17) is 10.0 Å². The van der Waals surface area contributed by atoms with E-state index in [9.17, 15) is 4.79 Å². The Labute approximate surface area is 98.2 Å². The van der Waals surface area contributed by atoms with Crippen molar-refractivity contribution in [2.45, 2.75) is 0 Å². The summed E-state index contributed by atoms with van der Waals surface area (Å²) in [5, 5.41) is 20.2. The van der Waals surface area contributed by atoms with Gasteiger partial charge in [0.25, 0.3) is 0 Å². The van der Waals surface area contributed by atoms with Gasteiger partial charge >= 0.3 is 7.32 Å². The van der Waals surface area contributed by atoms with E-state index in [-0.39, 0.29) is 11.7 Å². The molecule has 0 atom stereocenters. The molecule has 1 amide bonds. The first-order valence-corrected chi connectivity index (χ1v) is 5.17. The fourth-order valence-electron chi connectivity index (χ4n) is 1.57. The number of nitrogens with one attached hydrogen (secondary N) is 1. The molecule has 0 aliphatic carbocycles. The molecule has 1 saturated heterocycles. The topological polar surface area (TPSA) is 94.9 Å². The average Bonchev–Trinajstić information content (AvgIpc) is 2.30. The number of aromatic nitrogens is 1. The Morgan fingerprint density at radius 1 is 1.47 bits per heavy atom. The van der Waals surface area contributed by atoms with Gasteiger partial charge in [0, 0.05) is 13.1 Å². The van der Waals surface area contributed by atoms with E-state index in [1.807, 2.05) is 0 Å². The number of hydrogen-bond donors (Lipinski definition) is 3. The van der Waals surface area contributed by atoms with Gasteiger partial charge in [-0.3, -0.25) is 9.69 Å². The van der Waals surface area contributed by atoms with Crippen LogP contribution in [-0.2, 0) is 4.79 Å². The van der Waals surface area contributed by atoms with Crippen LogP contribution < -0.4 is 14.9 Å². The lowest BCUT2D eigenvalue weighted by Crippen LogP contribution is -2.48. The minimum Gasteiger partial charge on any atom is -0.511 e. The van der Waals surface area contributed by atoms with Crippen LogP contribution in [0, 0.1) is 0 Å². The van der Waals surface area contributed by atoms with E-state index in [1.165, 1.54) is 12.3 Å². The predicted octanol–water partition coefficient (Wildman–Crippen LogP) is -1.63. The molecule has 1 aromatic rings. The third-order valence-corrected chi connectivity index (χ3v) is 2.33. The van der Waals surface area contributed by atoms with Crippen molar-refractivity contribution in [1.82, 2.24) is 10.3 Å². The summed E-state index contributed by atoms with van der Waals surface area (Å²) < 4.78 is 4.62. The second-order valence-electron chi connectivity index (χ2n) is 3.52. The van der Waals surface area contributed by atoms with E-state index in [0.717, 1.165) is 6.54 Å². The number of pyridine rings is 1. The summed E-state index contributed by atoms with van der Waals surface area (Å²) in [5.74, 6) is 0.710. The van der Waals surface area contributed by atoms with Crippen LogP contribution in [-0.4, -0.2) is 47.9 Å². The normalized spacial score (nSPS) is 15.9. The summed E-state index contributed by atoms with van der Waals surface area (Å²) in [6, 6.07) is 3.12. The molecule has 2 heterocycles. The van der Waals surface area contributed by atoms with Gasteiger partial charge in [-0.05, 0) is 12.1 Å². The monoisotopic (exact) mass is 237 g/mol.